The largest absolute Gasteiger partial charge is 0.573 e. The SMILES string of the molecule is NC1CCC(CNc2cc(NCc3ccccc3OC(F)(F)F)ncc2N(O)O)CC1. The molecule has 170 valence electrons. The van der Waals surface area contributed by atoms with Crippen molar-refractivity contribution in [2.45, 2.75) is 44.6 Å². The van der Waals surface area contributed by atoms with Gasteiger partial charge in [0.2, 0.25) is 0 Å². The summed E-state index contributed by atoms with van der Waals surface area (Å²) in [5, 5.41) is 25.1. The Morgan fingerprint density at radius 1 is 1.13 bits per heavy atom. The smallest absolute Gasteiger partial charge is 0.405 e. The Kier molecular flexibility index (Phi) is 7.42. The number of anilines is 3. The van der Waals surface area contributed by atoms with E-state index in [0.717, 1.165) is 25.7 Å². The van der Waals surface area contributed by atoms with E-state index in [9.17, 15) is 23.6 Å². The fraction of sp³-hybridized carbons (Fsp3) is 0.450. The number of halogens is 3. The van der Waals surface area contributed by atoms with Crippen molar-refractivity contribution >= 4 is 17.2 Å². The third-order valence-corrected chi connectivity index (χ3v) is 5.23. The molecule has 2 aromatic rings. The molecule has 1 saturated carbocycles. The highest BCUT2D eigenvalue weighted by atomic mass is 19.4. The highest BCUT2D eigenvalue weighted by Crippen LogP contribution is 2.30. The predicted octanol–water partition coefficient (Wildman–Crippen LogP) is 4.11. The summed E-state index contributed by atoms with van der Waals surface area (Å²) in [4.78, 5) is 4.09. The molecular weight excluding hydrogens is 415 g/mol. The molecule has 0 aliphatic heterocycles. The van der Waals surface area contributed by atoms with E-state index < -0.39 is 6.36 Å². The first-order chi connectivity index (χ1) is 14.7. The average molecular weight is 441 g/mol. The van der Waals surface area contributed by atoms with Crippen LogP contribution < -0.4 is 26.3 Å². The number of benzene rings is 1. The highest BCUT2D eigenvalue weighted by Gasteiger charge is 2.32. The normalized spacial score (nSPS) is 19.0. The van der Waals surface area contributed by atoms with Crippen molar-refractivity contribution in [1.82, 2.24) is 4.98 Å². The van der Waals surface area contributed by atoms with Crippen molar-refractivity contribution in [3.05, 3.63) is 42.1 Å². The maximum absolute atomic E-state index is 12.6. The van der Waals surface area contributed by atoms with Gasteiger partial charge in [0.25, 0.3) is 0 Å². The van der Waals surface area contributed by atoms with E-state index in [0.29, 0.717) is 29.5 Å². The molecule has 11 heteroatoms. The zero-order chi connectivity index (χ0) is 22.4. The number of aromatic nitrogens is 1. The van der Waals surface area contributed by atoms with E-state index in [1.807, 2.05) is 0 Å². The van der Waals surface area contributed by atoms with Gasteiger partial charge in [0.05, 0.1) is 11.9 Å². The van der Waals surface area contributed by atoms with Crippen molar-refractivity contribution < 1.29 is 28.3 Å². The van der Waals surface area contributed by atoms with Gasteiger partial charge in [-0.25, -0.2) is 4.98 Å². The van der Waals surface area contributed by atoms with Crippen LogP contribution in [0.4, 0.5) is 30.4 Å². The van der Waals surface area contributed by atoms with Crippen LogP contribution in [0, 0.1) is 5.92 Å². The summed E-state index contributed by atoms with van der Waals surface area (Å²) in [7, 11) is 0. The number of rotatable bonds is 8. The second kappa shape index (κ2) is 10.0. The molecule has 1 fully saturated rings. The van der Waals surface area contributed by atoms with E-state index in [1.165, 1.54) is 24.4 Å². The molecule has 31 heavy (non-hydrogen) atoms. The Morgan fingerprint density at radius 3 is 2.52 bits per heavy atom. The number of alkyl halides is 3. The third kappa shape index (κ3) is 6.88. The number of pyridine rings is 1. The van der Waals surface area contributed by atoms with Gasteiger partial charge in [-0.15, -0.1) is 18.4 Å². The summed E-state index contributed by atoms with van der Waals surface area (Å²) in [5.41, 5.74) is 6.71. The van der Waals surface area contributed by atoms with Crippen molar-refractivity contribution in [1.29, 1.82) is 0 Å². The number of hydrogen-bond acceptors (Lipinski definition) is 8. The number of nitrogens with one attached hydrogen (secondary N) is 2. The van der Waals surface area contributed by atoms with E-state index in [1.54, 1.807) is 12.1 Å². The van der Waals surface area contributed by atoms with Crippen LogP contribution >= 0.6 is 0 Å². The number of para-hydroxylation sites is 1. The van der Waals surface area contributed by atoms with Gasteiger partial charge >= 0.3 is 6.36 Å². The molecule has 0 saturated heterocycles. The first kappa shape index (κ1) is 22.9. The first-order valence-corrected chi connectivity index (χ1v) is 9.96. The van der Waals surface area contributed by atoms with Crippen LogP contribution in [0.1, 0.15) is 31.2 Å². The summed E-state index contributed by atoms with van der Waals surface area (Å²) < 4.78 is 41.8. The lowest BCUT2D eigenvalue weighted by Gasteiger charge is -2.27. The predicted molar refractivity (Wildman–Crippen MR) is 109 cm³/mol. The third-order valence-electron chi connectivity index (χ3n) is 5.23. The van der Waals surface area contributed by atoms with Crippen molar-refractivity contribution in [2.75, 3.05) is 22.4 Å². The fourth-order valence-electron chi connectivity index (χ4n) is 3.55. The van der Waals surface area contributed by atoms with Gasteiger partial charge in [-0.3, -0.25) is 10.4 Å². The minimum Gasteiger partial charge on any atom is -0.405 e. The van der Waals surface area contributed by atoms with E-state index in [2.05, 4.69) is 20.4 Å². The molecule has 0 bridgehead atoms. The second-order valence-electron chi connectivity index (χ2n) is 7.55. The van der Waals surface area contributed by atoms with Crippen LogP contribution in [0.3, 0.4) is 0 Å². The Morgan fingerprint density at radius 2 is 1.84 bits per heavy atom. The van der Waals surface area contributed by atoms with Gasteiger partial charge in [-0.2, -0.15) is 0 Å². The quantitative estimate of drug-likeness (QED) is 0.389. The van der Waals surface area contributed by atoms with Crippen LogP contribution in [0.25, 0.3) is 0 Å². The molecule has 0 radical (unpaired) electrons. The molecule has 0 amide bonds. The van der Waals surface area contributed by atoms with Crippen LogP contribution in [-0.2, 0) is 6.54 Å². The molecule has 0 atom stereocenters. The topological polar surface area (TPSA) is 116 Å². The monoisotopic (exact) mass is 441 g/mol. The Balaban J connectivity index is 1.68. The standard InChI is InChI=1S/C20H26F3N5O3/c21-20(22,23)31-18-4-2-1-3-14(18)11-26-19-9-16(17(12-27-19)28(29)30)25-10-13-5-7-15(24)8-6-13/h1-4,9,12-13,15,29-30H,5-8,10-11,24H2,(H2,25,26,27). The van der Waals surface area contributed by atoms with E-state index >= 15 is 0 Å². The number of nitrogens with two attached hydrogens (primary N) is 1. The lowest BCUT2D eigenvalue weighted by Crippen LogP contribution is -2.29. The van der Waals surface area contributed by atoms with Gasteiger partial charge in [0.1, 0.15) is 17.3 Å². The average Bonchev–Trinajstić information content (AvgIpc) is 2.71. The summed E-state index contributed by atoms with van der Waals surface area (Å²) in [5.74, 6) is 0.458. The van der Waals surface area contributed by atoms with Crippen LogP contribution in [0.5, 0.6) is 5.75 Å². The van der Waals surface area contributed by atoms with Crippen molar-refractivity contribution in [3.63, 3.8) is 0 Å². The molecule has 0 spiro atoms. The van der Waals surface area contributed by atoms with Crippen molar-refractivity contribution in [3.8, 4) is 5.75 Å². The van der Waals surface area contributed by atoms with Gasteiger partial charge < -0.3 is 21.1 Å². The molecule has 1 aromatic carbocycles. The molecule has 0 unspecified atom stereocenters. The van der Waals surface area contributed by atoms with Crippen molar-refractivity contribution in [2.24, 2.45) is 11.7 Å². The summed E-state index contributed by atoms with van der Waals surface area (Å²) in [6.07, 6.45) is 0.332. The summed E-state index contributed by atoms with van der Waals surface area (Å²) in [6.45, 7) is 0.653. The maximum Gasteiger partial charge on any atom is 0.573 e. The molecule has 8 nitrogen and oxygen atoms in total. The Hall–Kier alpha value is -2.76. The summed E-state index contributed by atoms with van der Waals surface area (Å²) in [6, 6.07) is 7.61. The highest BCUT2D eigenvalue weighted by molar-refractivity contribution is 5.70. The fourth-order valence-corrected chi connectivity index (χ4v) is 3.55. The molecule has 1 aliphatic rings. The zero-order valence-corrected chi connectivity index (χ0v) is 16.8. The lowest BCUT2D eigenvalue weighted by molar-refractivity contribution is -0.274. The van der Waals surface area contributed by atoms with Gasteiger partial charge in [0.15, 0.2) is 0 Å². The van der Waals surface area contributed by atoms with Crippen LogP contribution in [0.15, 0.2) is 36.5 Å². The number of nitrogens with zero attached hydrogens (tertiary/aromatic N) is 2. The van der Waals surface area contributed by atoms with Crippen LogP contribution in [-0.4, -0.2) is 34.3 Å². The first-order valence-electron chi connectivity index (χ1n) is 9.96. The molecular formula is C20H26F3N5O3. The minimum atomic E-state index is -4.79. The minimum absolute atomic E-state index is 0.0254. The molecule has 6 N–H and O–H groups in total. The van der Waals surface area contributed by atoms with Gasteiger partial charge in [0, 0.05) is 30.8 Å². The molecule has 3 rings (SSSR count). The number of ether oxygens (including phenoxy) is 1. The van der Waals surface area contributed by atoms with Gasteiger partial charge in [-0.1, -0.05) is 18.2 Å². The second-order valence-corrected chi connectivity index (χ2v) is 7.55. The molecule has 1 heterocycles. The zero-order valence-electron chi connectivity index (χ0n) is 16.8. The van der Waals surface area contributed by atoms with Crippen LogP contribution in [0.2, 0.25) is 0 Å². The van der Waals surface area contributed by atoms with E-state index in [4.69, 9.17) is 5.73 Å². The van der Waals surface area contributed by atoms with Gasteiger partial charge in [-0.05, 0) is 37.7 Å². The maximum atomic E-state index is 12.6. The van der Waals surface area contributed by atoms with E-state index in [-0.39, 0.29) is 29.3 Å². The Labute approximate surface area is 177 Å². The molecule has 1 aliphatic carbocycles. The summed E-state index contributed by atoms with van der Waals surface area (Å²) >= 11 is 0. The Bertz CT molecular complexity index is 858. The number of hydrogen-bond donors (Lipinski definition) is 5. The lowest BCUT2D eigenvalue weighted by atomic mass is 9.86. The molecule has 1 aromatic heterocycles.